The van der Waals surface area contributed by atoms with Crippen molar-refractivity contribution in [3.63, 3.8) is 0 Å². The summed E-state index contributed by atoms with van der Waals surface area (Å²) in [5.41, 5.74) is 0. The Kier molecular flexibility index (Phi) is 4.07. The van der Waals surface area contributed by atoms with E-state index in [0.717, 1.165) is 19.4 Å². The second kappa shape index (κ2) is 5.22. The average Bonchev–Trinajstić information content (AvgIpc) is 2.29. The summed E-state index contributed by atoms with van der Waals surface area (Å²) in [7, 11) is -3.16. The standard InChI is InChI=1S/C11H22N2O3S/c1-9-7-13(8-10(2)16-9)17(14,15)11-4-3-5-12-6-11/h9-12H,3-8H2,1-2H3/t9-,10+,11?. The van der Waals surface area contributed by atoms with Gasteiger partial charge in [0.05, 0.1) is 17.5 Å². The molecule has 2 saturated heterocycles. The minimum absolute atomic E-state index is 0.00919. The van der Waals surface area contributed by atoms with Crippen molar-refractivity contribution in [2.45, 2.75) is 44.1 Å². The Morgan fingerprint density at radius 3 is 2.41 bits per heavy atom. The van der Waals surface area contributed by atoms with Crippen molar-refractivity contribution >= 4 is 10.0 Å². The average molecular weight is 262 g/mol. The minimum atomic E-state index is -3.16. The molecule has 100 valence electrons. The molecule has 0 bridgehead atoms. The zero-order valence-corrected chi connectivity index (χ0v) is 11.4. The highest BCUT2D eigenvalue weighted by atomic mass is 32.2. The number of hydrogen-bond acceptors (Lipinski definition) is 4. The molecule has 5 nitrogen and oxygen atoms in total. The first-order valence-electron chi connectivity index (χ1n) is 6.35. The third kappa shape index (κ3) is 2.99. The van der Waals surface area contributed by atoms with Gasteiger partial charge in [-0.3, -0.25) is 0 Å². The molecule has 2 aliphatic heterocycles. The fourth-order valence-corrected chi connectivity index (χ4v) is 4.67. The van der Waals surface area contributed by atoms with E-state index in [1.165, 1.54) is 0 Å². The van der Waals surface area contributed by atoms with Gasteiger partial charge in [0.15, 0.2) is 0 Å². The molecule has 0 spiro atoms. The van der Waals surface area contributed by atoms with Gasteiger partial charge < -0.3 is 10.1 Å². The van der Waals surface area contributed by atoms with Crippen LogP contribution in [0.25, 0.3) is 0 Å². The van der Waals surface area contributed by atoms with Crippen LogP contribution in [0.3, 0.4) is 0 Å². The molecule has 2 rings (SSSR count). The molecule has 0 amide bonds. The van der Waals surface area contributed by atoms with Crippen LogP contribution in [-0.4, -0.2) is 56.4 Å². The van der Waals surface area contributed by atoms with Gasteiger partial charge in [-0.1, -0.05) is 0 Å². The molecule has 17 heavy (non-hydrogen) atoms. The Morgan fingerprint density at radius 2 is 1.88 bits per heavy atom. The maximum Gasteiger partial charge on any atom is 0.218 e. The van der Waals surface area contributed by atoms with E-state index in [0.29, 0.717) is 19.6 Å². The number of hydrogen-bond donors (Lipinski definition) is 1. The maximum absolute atomic E-state index is 12.5. The lowest BCUT2D eigenvalue weighted by atomic mass is 10.2. The summed E-state index contributed by atoms with van der Waals surface area (Å²) in [6, 6.07) is 0. The van der Waals surface area contributed by atoms with E-state index in [4.69, 9.17) is 4.74 Å². The van der Waals surface area contributed by atoms with Crippen LogP contribution in [0.5, 0.6) is 0 Å². The smallest absolute Gasteiger partial charge is 0.218 e. The van der Waals surface area contributed by atoms with Crippen LogP contribution in [0.15, 0.2) is 0 Å². The van der Waals surface area contributed by atoms with Crippen molar-refractivity contribution < 1.29 is 13.2 Å². The Hall–Kier alpha value is -0.170. The van der Waals surface area contributed by atoms with E-state index in [2.05, 4.69) is 5.32 Å². The van der Waals surface area contributed by atoms with Crippen molar-refractivity contribution in [3.8, 4) is 0 Å². The molecule has 1 N–H and O–H groups in total. The fourth-order valence-electron chi connectivity index (χ4n) is 2.62. The van der Waals surface area contributed by atoms with Crippen LogP contribution in [0.2, 0.25) is 0 Å². The second-order valence-corrected chi connectivity index (χ2v) is 7.30. The van der Waals surface area contributed by atoms with E-state index in [9.17, 15) is 8.42 Å². The molecular weight excluding hydrogens is 240 g/mol. The van der Waals surface area contributed by atoms with Gasteiger partial charge in [-0.15, -0.1) is 0 Å². The van der Waals surface area contributed by atoms with Crippen molar-refractivity contribution in [2.75, 3.05) is 26.2 Å². The monoisotopic (exact) mass is 262 g/mol. The first-order valence-corrected chi connectivity index (χ1v) is 7.85. The lowest BCUT2D eigenvalue weighted by Crippen LogP contribution is -2.53. The van der Waals surface area contributed by atoms with Crippen LogP contribution < -0.4 is 5.32 Å². The molecule has 3 atom stereocenters. The predicted molar refractivity (Wildman–Crippen MR) is 66.4 cm³/mol. The van der Waals surface area contributed by atoms with Crippen LogP contribution in [-0.2, 0) is 14.8 Å². The third-order valence-corrected chi connectivity index (χ3v) is 5.68. The number of nitrogens with zero attached hydrogens (tertiary/aromatic N) is 1. The van der Waals surface area contributed by atoms with Gasteiger partial charge in [0, 0.05) is 19.6 Å². The first-order chi connectivity index (χ1) is 8.00. The van der Waals surface area contributed by atoms with E-state index in [1.807, 2.05) is 13.8 Å². The van der Waals surface area contributed by atoms with Gasteiger partial charge >= 0.3 is 0 Å². The van der Waals surface area contributed by atoms with E-state index in [1.54, 1.807) is 4.31 Å². The fraction of sp³-hybridized carbons (Fsp3) is 1.00. The molecule has 0 radical (unpaired) electrons. The zero-order valence-electron chi connectivity index (χ0n) is 10.6. The highest BCUT2D eigenvalue weighted by Crippen LogP contribution is 2.21. The molecular formula is C11H22N2O3S. The molecule has 0 aromatic rings. The summed E-state index contributed by atoms with van der Waals surface area (Å²) in [5, 5.41) is 2.91. The molecule has 0 aromatic heterocycles. The molecule has 6 heteroatoms. The Bertz CT molecular complexity index is 342. The van der Waals surface area contributed by atoms with Crippen LogP contribution in [0, 0.1) is 0 Å². The number of sulfonamides is 1. The van der Waals surface area contributed by atoms with Crippen molar-refractivity contribution in [1.29, 1.82) is 0 Å². The number of piperidine rings is 1. The predicted octanol–water partition coefficient (Wildman–Crippen LogP) is 0.177. The number of ether oxygens (including phenoxy) is 1. The van der Waals surface area contributed by atoms with Crippen LogP contribution in [0.4, 0.5) is 0 Å². The topological polar surface area (TPSA) is 58.6 Å². The number of nitrogens with one attached hydrogen (secondary N) is 1. The minimum Gasteiger partial charge on any atom is -0.373 e. The quantitative estimate of drug-likeness (QED) is 0.771. The molecule has 2 fully saturated rings. The Morgan fingerprint density at radius 1 is 1.24 bits per heavy atom. The Balaban J connectivity index is 2.08. The summed E-state index contributed by atoms with van der Waals surface area (Å²) in [4.78, 5) is 0. The summed E-state index contributed by atoms with van der Waals surface area (Å²) in [6.07, 6.45) is 1.70. The summed E-state index contributed by atoms with van der Waals surface area (Å²) in [6.45, 7) is 6.35. The number of rotatable bonds is 2. The first kappa shape index (κ1) is 13.3. The van der Waals surface area contributed by atoms with Gasteiger partial charge in [-0.25, -0.2) is 8.42 Å². The largest absolute Gasteiger partial charge is 0.373 e. The van der Waals surface area contributed by atoms with Crippen LogP contribution in [0.1, 0.15) is 26.7 Å². The molecule has 2 heterocycles. The normalized spacial score (nSPS) is 36.9. The zero-order chi connectivity index (χ0) is 12.5. The molecule has 0 aromatic carbocycles. The van der Waals surface area contributed by atoms with E-state index >= 15 is 0 Å². The molecule has 1 unspecified atom stereocenters. The SMILES string of the molecule is C[C@@H]1CN(S(=O)(=O)C2CCCNC2)C[C@H](C)O1. The van der Waals surface area contributed by atoms with Crippen molar-refractivity contribution in [3.05, 3.63) is 0 Å². The van der Waals surface area contributed by atoms with E-state index < -0.39 is 10.0 Å². The van der Waals surface area contributed by atoms with Gasteiger partial charge in [0.25, 0.3) is 0 Å². The lowest BCUT2D eigenvalue weighted by Gasteiger charge is -2.37. The van der Waals surface area contributed by atoms with Gasteiger partial charge in [0.2, 0.25) is 10.0 Å². The van der Waals surface area contributed by atoms with Gasteiger partial charge in [-0.05, 0) is 33.2 Å². The molecule has 2 aliphatic rings. The summed E-state index contributed by atoms with van der Waals surface area (Å²) < 4.78 is 32.1. The third-order valence-electron chi connectivity index (χ3n) is 3.42. The van der Waals surface area contributed by atoms with Gasteiger partial charge in [-0.2, -0.15) is 4.31 Å². The summed E-state index contributed by atoms with van der Waals surface area (Å²) in [5.74, 6) is 0. The highest BCUT2D eigenvalue weighted by Gasteiger charge is 2.36. The van der Waals surface area contributed by atoms with E-state index in [-0.39, 0.29) is 17.5 Å². The highest BCUT2D eigenvalue weighted by molar-refractivity contribution is 7.89. The number of morpholine rings is 1. The summed E-state index contributed by atoms with van der Waals surface area (Å²) >= 11 is 0. The van der Waals surface area contributed by atoms with Crippen molar-refractivity contribution in [2.24, 2.45) is 0 Å². The van der Waals surface area contributed by atoms with Crippen molar-refractivity contribution in [1.82, 2.24) is 9.62 Å². The lowest BCUT2D eigenvalue weighted by molar-refractivity contribution is -0.0443. The Labute approximate surface area is 104 Å². The van der Waals surface area contributed by atoms with Gasteiger partial charge in [0.1, 0.15) is 0 Å². The van der Waals surface area contributed by atoms with Crippen LogP contribution >= 0.6 is 0 Å². The molecule has 0 saturated carbocycles. The second-order valence-electron chi connectivity index (χ2n) is 5.09. The molecule has 0 aliphatic carbocycles. The maximum atomic E-state index is 12.5.